The molecule has 0 spiro atoms. The Kier molecular flexibility index (Phi) is 3.27. The third-order valence-electron chi connectivity index (χ3n) is 4.13. The zero-order valence-corrected chi connectivity index (χ0v) is 12.2. The molecule has 1 aliphatic heterocycles. The van der Waals surface area contributed by atoms with E-state index in [2.05, 4.69) is 32.0 Å². The lowest BCUT2D eigenvalue weighted by Crippen LogP contribution is -2.19. The van der Waals surface area contributed by atoms with Gasteiger partial charge in [0.2, 0.25) is 0 Å². The summed E-state index contributed by atoms with van der Waals surface area (Å²) in [5.41, 5.74) is 5.73. The Hall–Kier alpha value is -1.80. The lowest BCUT2D eigenvalue weighted by molar-refractivity contribution is 0.0656. The molecule has 2 nitrogen and oxygen atoms in total. The summed E-state index contributed by atoms with van der Waals surface area (Å²) in [7, 11) is 0. The van der Waals surface area contributed by atoms with E-state index in [0.717, 1.165) is 22.4 Å². The summed E-state index contributed by atoms with van der Waals surface area (Å²) in [5, 5.41) is 10.4. The third kappa shape index (κ3) is 2.32. The largest absolute Gasteiger partial charge is 0.485 e. The van der Waals surface area contributed by atoms with Crippen LogP contribution in [-0.2, 0) is 0 Å². The van der Waals surface area contributed by atoms with Gasteiger partial charge >= 0.3 is 0 Å². The molecule has 0 aromatic heterocycles. The molecule has 2 atom stereocenters. The molecule has 0 amide bonds. The predicted molar refractivity (Wildman–Crippen MR) is 80.0 cm³/mol. The van der Waals surface area contributed by atoms with Gasteiger partial charge in [-0.2, -0.15) is 0 Å². The lowest BCUT2D eigenvalue weighted by atomic mass is 9.93. The van der Waals surface area contributed by atoms with Crippen molar-refractivity contribution >= 4 is 0 Å². The SMILES string of the molecule is Cc1ccc2c(c1)[C@@H](O)CC(c1ccc(C)c(C)c1)O2. The summed E-state index contributed by atoms with van der Waals surface area (Å²) in [4.78, 5) is 0. The molecule has 1 unspecified atom stereocenters. The van der Waals surface area contributed by atoms with Crippen LogP contribution in [0.3, 0.4) is 0 Å². The minimum atomic E-state index is -0.453. The highest BCUT2D eigenvalue weighted by Gasteiger charge is 2.28. The Balaban J connectivity index is 1.94. The van der Waals surface area contributed by atoms with Crippen molar-refractivity contribution in [1.29, 1.82) is 0 Å². The van der Waals surface area contributed by atoms with Crippen LogP contribution in [0.2, 0.25) is 0 Å². The minimum absolute atomic E-state index is 0.0699. The van der Waals surface area contributed by atoms with Crippen LogP contribution in [0, 0.1) is 20.8 Å². The Morgan fingerprint density at radius 3 is 2.55 bits per heavy atom. The van der Waals surface area contributed by atoms with Crippen LogP contribution in [0.4, 0.5) is 0 Å². The number of aliphatic hydroxyl groups is 1. The van der Waals surface area contributed by atoms with Crippen LogP contribution in [-0.4, -0.2) is 5.11 Å². The topological polar surface area (TPSA) is 29.5 Å². The van der Waals surface area contributed by atoms with Crippen LogP contribution in [0.25, 0.3) is 0 Å². The Bertz CT molecular complexity index is 646. The third-order valence-corrected chi connectivity index (χ3v) is 4.13. The first kappa shape index (κ1) is 13.2. The van der Waals surface area contributed by atoms with Crippen molar-refractivity contribution < 1.29 is 9.84 Å². The standard InChI is InChI=1S/C18H20O2/c1-11-4-7-17-15(8-11)16(19)10-18(20-17)14-6-5-12(2)13(3)9-14/h4-9,16,18-19H,10H2,1-3H3/t16-,18?/m0/s1. The molecule has 0 saturated carbocycles. The van der Waals surface area contributed by atoms with E-state index in [1.807, 2.05) is 25.1 Å². The molecule has 104 valence electrons. The van der Waals surface area contributed by atoms with Crippen LogP contribution in [0.1, 0.15) is 46.4 Å². The fourth-order valence-electron chi connectivity index (χ4n) is 2.74. The van der Waals surface area contributed by atoms with Gasteiger partial charge in [0.1, 0.15) is 11.9 Å². The minimum Gasteiger partial charge on any atom is -0.485 e. The number of aryl methyl sites for hydroxylation is 3. The van der Waals surface area contributed by atoms with E-state index in [1.165, 1.54) is 11.1 Å². The maximum atomic E-state index is 10.4. The monoisotopic (exact) mass is 268 g/mol. The molecule has 2 aromatic rings. The highest BCUT2D eigenvalue weighted by atomic mass is 16.5. The van der Waals surface area contributed by atoms with Gasteiger partial charge < -0.3 is 9.84 Å². The van der Waals surface area contributed by atoms with Gasteiger partial charge in [-0.25, -0.2) is 0 Å². The fraction of sp³-hybridized carbons (Fsp3) is 0.333. The number of fused-ring (bicyclic) bond motifs is 1. The Labute approximate surface area is 120 Å². The molecular weight excluding hydrogens is 248 g/mol. The average molecular weight is 268 g/mol. The van der Waals surface area contributed by atoms with Crippen LogP contribution < -0.4 is 4.74 Å². The van der Waals surface area contributed by atoms with Crippen LogP contribution in [0.5, 0.6) is 5.75 Å². The Morgan fingerprint density at radius 1 is 1.00 bits per heavy atom. The summed E-state index contributed by atoms with van der Waals surface area (Å²) in [6, 6.07) is 12.4. The molecule has 0 radical (unpaired) electrons. The van der Waals surface area contributed by atoms with Gasteiger partial charge in [0.15, 0.2) is 0 Å². The summed E-state index contributed by atoms with van der Waals surface area (Å²) in [6.45, 7) is 6.24. The summed E-state index contributed by atoms with van der Waals surface area (Å²) >= 11 is 0. The van der Waals surface area contributed by atoms with Crippen molar-refractivity contribution in [1.82, 2.24) is 0 Å². The normalized spacial score (nSPS) is 21.2. The molecule has 2 aromatic carbocycles. The molecule has 0 saturated heterocycles. The first-order chi connectivity index (χ1) is 9.54. The number of hydrogen-bond acceptors (Lipinski definition) is 2. The van der Waals surface area contributed by atoms with E-state index < -0.39 is 6.10 Å². The van der Waals surface area contributed by atoms with Gasteiger partial charge in [0.05, 0.1) is 6.10 Å². The second-order valence-electron chi connectivity index (χ2n) is 5.74. The molecule has 1 aliphatic rings. The van der Waals surface area contributed by atoms with E-state index in [0.29, 0.717) is 6.42 Å². The lowest BCUT2D eigenvalue weighted by Gasteiger charge is -2.30. The maximum absolute atomic E-state index is 10.4. The van der Waals surface area contributed by atoms with Gasteiger partial charge in [-0.1, -0.05) is 29.8 Å². The summed E-state index contributed by atoms with van der Waals surface area (Å²) in [5.74, 6) is 0.803. The predicted octanol–water partition coefficient (Wildman–Crippen LogP) is 4.17. The highest BCUT2D eigenvalue weighted by molar-refractivity contribution is 5.41. The Morgan fingerprint density at radius 2 is 1.80 bits per heavy atom. The van der Waals surface area contributed by atoms with Gasteiger partial charge in [0, 0.05) is 12.0 Å². The van der Waals surface area contributed by atoms with Crippen LogP contribution in [0.15, 0.2) is 36.4 Å². The second-order valence-corrected chi connectivity index (χ2v) is 5.74. The quantitative estimate of drug-likeness (QED) is 0.841. The van der Waals surface area contributed by atoms with Gasteiger partial charge in [-0.3, -0.25) is 0 Å². The van der Waals surface area contributed by atoms with Crippen molar-refractivity contribution in [3.63, 3.8) is 0 Å². The highest BCUT2D eigenvalue weighted by Crippen LogP contribution is 2.41. The average Bonchev–Trinajstić information content (AvgIpc) is 2.42. The smallest absolute Gasteiger partial charge is 0.127 e. The zero-order chi connectivity index (χ0) is 14.3. The van der Waals surface area contributed by atoms with E-state index in [-0.39, 0.29) is 6.10 Å². The van der Waals surface area contributed by atoms with Crippen molar-refractivity contribution in [2.24, 2.45) is 0 Å². The zero-order valence-electron chi connectivity index (χ0n) is 12.2. The second kappa shape index (κ2) is 4.95. The molecular formula is C18H20O2. The number of ether oxygens (including phenoxy) is 1. The van der Waals surface area contributed by atoms with Gasteiger partial charge in [0.25, 0.3) is 0 Å². The first-order valence-electron chi connectivity index (χ1n) is 7.07. The maximum Gasteiger partial charge on any atom is 0.127 e. The number of aliphatic hydroxyl groups excluding tert-OH is 1. The molecule has 20 heavy (non-hydrogen) atoms. The summed E-state index contributed by atoms with van der Waals surface area (Å²) in [6.07, 6.45) is 0.0867. The number of hydrogen-bond donors (Lipinski definition) is 1. The fourth-order valence-corrected chi connectivity index (χ4v) is 2.74. The molecule has 3 rings (SSSR count). The van der Waals surface area contributed by atoms with Gasteiger partial charge in [-0.15, -0.1) is 0 Å². The molecule has 2 heteroatoms. The van der Waals surface area contributed by atoms with Crippen molar-refractivity contribution in [3.05, 3.63) is 64.2 Å². The van der Waals surface area contributed by atoms with Crippen LogP contribution >= 0.6 is 0 Å². The first-order valence-corrected chi connectivity index (χ1v) is 7.07. The summed E-state index contributed by atoms with van der Waals surface area (Å²) < 4.78 is 6.08. The molecule has 0 bridgehead atoms. The van der Waals surface area contributed by atoms with E-state index in [1.54, 1.807) is 0 Å². The van der Waals surface area contributed by atoms with E-state index >= 15 is 0 Å². The van der Waals surface area contributed by atoms with Gasteiger partial charge in [-0.05, 0) is 49.6 Å². The molecule has 1 heterocycles. The van der Waals surface area contributed by atoms with E-state index in [9.17, 15) is 5.11 Å². The molecule has 0 fully saturated rings. The van der Waals surface area contributed by atoms with E-state index in [4.69, 9.17) is 4.74 Å². The van der Waals surface area contributed by atoms with Crippen molar-refractivity contribution in [2.45, 2.75) is 39.4 Å². The molecule has 0 aliphatic carbocycles. The number of rotatable bonds is 1. The molecule has 1 N–H and O–H groups in total. The van der Waals surface area contributed by atoms with Crippen molar-refractivity contribution in [3.8, 4) is 5.75 Å². The van der Waals surface area contributed by atoms with Crippen molar-refractivity contribution in [2.75, 3.05) is 0 Å². The number of benzene rings is 2.